The van der Waals surface area contributed by atoms with Crippen molar-refractivity contribution in [2.45, 2.75) is 6.42 Å². The first-order valence-corrected chi connectivity index (χ1v) is 7.30. The predicted molar refractivity (Wildman–Crippen MR) is 66.0 cm³/mol. The lowest BCUT2D eigenvalue weighted by Crippen LogP contribution is -2.17. The number of hydrogen-bond donors (Lipinski definition) is 2. The van der Waals surface area contributed by atoms with Gasteiger partial charge in [-0.25, -0.2) is 8.42 Å². The average Bonchev–Trinajstić information content (AvgIpc) is 2.65. The van der Waals surface area contributed by atoms with Crippen LogP contribution in [0, 0.1) is 5.92 Å². The Hall–Kier alpha value is -1.64. The van der Waals surface area contributed by atoms with Gasteiger partial charge in [-0.2, -0.15) is 15.0 Å². The Kier molecular flexibility index (Phi) is 3.50. The van der Waals surface area contributed by atoms with Crippen LogP contribution in [0.3, 0.4) is 0 Å². The Morgan fingerprint density at radius 3 is 2.83 bits per heavy atom. The highest BCUT2D eigenvalue weighted by molar-refractivity contribution is 7.91. The van der Waals surface area contributed by atoms with Crippen LogP contribution >= 0.6 is 0 Å². The second-order valence-corrected chi connectivity index (χ2v) is 6.38. The van der Waals surface area contributed by atoms with Crippen LogP contribution in [0.15, 0.2) is 0 Å². The zero-order chi connectivity index (χ0) is 13.2. The van der Waals surface area contributed by atoms with E-state index in [1.807, 2.05) is 0 Å². The van der Waals surface area contributed by atoms with Gasteiger partial charge in [0.1, 0.15) is 0 Å². The van der Waals surface area contributed by atoms with E-state index < -0.39 is 9.84 Å². The molecule has 3 N–H and O–H groups in total. The summed E-state index contributed by atoms with van der Waals surface area (Å²) in [5, 5.41) is 2.95. The summed E-state index contributed by atoms with van der Waals surface area (Å²) in [6, 6.07) is 0.129. The van der Waals surface area contributed by atoms with Crippen molar-refractivity contribution in [3.8, 4) is 6.01 Å². The SMILES string of the molecule is COc1nc(N)nc(NCC2CCS(=O)(=O)C2)n1. The summed E-state index contributed by atoms with van der Waals surface area (Å²) < 4.78 is 27.5. The largest absolute Gasteiger partial charge is 0.467 e. The summed E-state index contributed by atoms with van der Waals surface area (Å²) in [6.07, 6.45) is 0.660. The lowest BCUT2D eigenvalue weighted by molar-refractivity contribution is 0.379. The Bertz CT molecular complexity index is 533. The molecule has 2 heterocycles. The van der Waals surface area contributed by atoms with Gasteiger partial charge in [0.2, 0.25) is 11.9 Å². The molecule has 0 saturated carbocycles. The molecule has 1 aromatic rings. The second-order valence-electron chi connectivity index (χ2n) is 4.15. The third-order valence-corrected chi connectivity index (χ3v) is 4.53. The molecular weight excluding hydrogens is 258 g/mol. The normalized spacial score (nSPS) is 21.7. The molecule has 9 heteroatoms. The molecular formula is C9H15N5O3S. The molecule has 0 bridgehead atoms. The van der Waals surface area contributed by atoms with Gasteiger partial charge in [0.15, 0.2) is 9.84 Å². The molecule has 0 amide bonds. The molecule has 1 aromatic heterocycles. The number of hydrogen-bond acceptors (Lipinski definition) is 8. The number of nitrogens with one attached hydrogen (secondary N) is 1. The number of rotatable bonds is 4. The molecule has 1 fully saturated rings. The highest BCUT2D eigenvalue weighted by Gasteiger charge is 2.27. The number of nitrogens with two attached hydrogens (primary N) is 1. The number of aromatic nitrogens is 3. The number of ether oxygens (including phenoxy) is 1. The minimum atomic E-state index is -2.86. The van der Waals surface area contributed by atoms with Gasteiger partial charge in [-0.3, -0.25) is 0 Å². The van der Waals surface area contributed by atoms with E-state index in [-0.39, 0.29) is 29.4 Å². The van der Waals surface area contributed by atoms with Crippen molar-refractivity contribution in [3.05, 3.63) is 0 Å². The maximum absolute atomic E-state index is 11.3. The van der Waals surface area contributed by atoms with E-state index in [9.17, 15) is 8.42 Å². The number of methoxy groups -OCH3 is 1. The Balaban J connectivity index is 1.96. The van der Waals surface area contributed by atoms with Gasteiger partial charge in [-0.15, -0.1) is 0 Å². The van der Waals surface area contributed by atoms with E-state index in [1.54, 1.807) is 0 Å². The smallest absolute Gasteiger partial charge is 0.322 e. The Morgan fingerprint density at radius 1 is 1.44 bits per heavy atom. The lowest BCUT2D eigenvalue weighted by atomic mass is 10.1. The quantitative estimate of drug-likeness (QED) is 0.739. The molecule has 0 aromatic carbocycles. The van der Waals surface area contributed by atoms with Crippen molar-refractivity contribution < 1.29 is 13.2 Å². The van der Waals surface area contributed by atoms with Gasteiger partial charge in [-0.1, -0.05) is 0 Å². The first kappa shape index (κ1) is 12.8. The van der Waals surface area contributed by atoms with Crippen LogP contribution in [-0.4, -0.2) is 48.5 Å². The van der Waals surface area contributed by atoms with Crippen LogP contribution in [0.25, 0.3) is 0 Å². The predicted octanol–water partition coefficient (Wildman–Crippen LogP) is -0.691. The van der Waals surface area contributed by atoms with Gasteiger partial charge in [-0.05, 0) is 12.3 Å². The molecule has 2 rings (SSSR count). The number of nitrogen functional groups attached to an aromatic ring is 1. The molecule has 0 radical (unpaired) electrons. The molecule has 100 valence electrons. The average molecular weight is 273 g/mol. The molecule has 1 unspecified atom stereocenters. The van der Waals surface area contributed by atoms with Gasteiger partial charge < -0.3 is 15.8 Å². The van der Waals surface area contributed by atoms with Crippen molar-refractivity contribution in [2.75, 3.05) is 36.2 Å². The first-order chi connectivity index (χ1) is 8.48. The lowest BCUT2D eigenvalue weighted by Gasteiger charge is -2.09. The van der Waals surface area contributed by atoms with Gasteiger partial charge in [0.25, 0.3) is 0 Å². The molecule has 1 aliphatic heterocycles. The highest BCUT2D eigenvalue weighted by Crippen LogP contribution is 2.18. The van der Waals surface area contributed by atoms with Crippen molar-refractivity contribution in [3.63, 3.8) is 0 Å². The minimum absolute atomic E-state index is 0.0587. The van der Waals surface area contributed by atoms with E-state index in [4.69, 9.17) is 10.5 Å². The number of anilines is 2. The molecule has 18 heavy (non-hydrogen) atoms. The third-order valence-electron chi connectivity index (χ3n) is 2.69. The maximum Gasteiger partial charge on any atom is 0.322 e. The summed E-state index contributed by atoms with van der Waals surface area (Å²) >= 11 is 0. The van der Waals surface area contributed by atoms with E-state index in [1.165, 1.54) is 7.11 Å². The van der Waals surface area contributed by atoms with Crippen LogP contribution in [-0.2, 0) is 9.84 Å². The van der Waals surface area contributed by atoms with Gasteiger partial charge in [0, 0.05) is 6.54 Å². The second kappa shape index (κ2) is 4.92. The van der Waals surface area contributed by atoms with Crippen molar-refractivity contribution in [2.24, 2.45) is 5.92 Å². The molecule has 0 aliphatic carbocycles. The summed E-state index contributed by atoms with van der Waals surface area (Å²) in [4.78, 5) is 11.6. The topological polar surface area (TPSA) is 120 Å². The fourth-order valence-electron chi connectivity index (χ4n) is 1.81. The highest BCUT2D eigenvalue weighted by atomic mass is 32.2. The molecule has 1 atom stereocenters. The van der Waals surface area contributed by atoms with Crippen molar-refractivity contribution in [1.29, 1.82) is 0 Å². The number of sulfone groups is 1. The summed E-state index contributed by atoms with van der Waals surface area (Å²) in [6.45, 7) is 0.492. The summed E-state index contributed by atoms with van der Waals surface area (Å²) in [7, 11) is -1.43. The van der Waals surface area contributed by atoms with E-state index >= 15 is 0 Å². The number of nitrogens with zero attached hydrogens (tertiary/aromatic N) is 3. The van der Waals surface area contributed by atoms with Crippen molar-refractivity contribution >= 4 is 21.7 Å². The molecule has 1 saturated heterocycles. The van der Waals surface area contributed by atoms with Gasteiger partial charge in [0.05, 0.1) is 18.6 Å². The monoisotopic (exact) mass is 273 g/mol. The standard InChI is InChI=1S/C9H15N5O3S/c1-17-9-13-7(10)12-8(14-9)11-4-6-2-3-18(15,16)5-6/h6H,2-5H2,1H3,(H3,10,11,12,13,14). The van der Waals surface area contributed by atoms with Crippen LogP contribution < -0.4 is 15.8 Å². The Labute approximate surface area is 105 Å². The van der Waals surface area contributed by atoms with Crippen LogP contribution in [0.5, 0.6) is 6.01 Å². The van der Waals surface area contributed by atoms with E-state index in [0.717, 1.165) is 0 Å². The molecule has 0 spiro atoms. The van der Waals surface area contributed by atoms with Crippen molar-refractivity contribution in [1.82, 2.24) is 15.0 Å². The minimum Gasteiger partial charge on any atom is -0.467 e. The summed E-state index contributed by atoms with van der Waals surface area (Å²) in [5.74, 6) is 0.894. The van der Waals surface area contributed by atoms with Gasteiger partial charge >= 0.3 is 6.01 Å². The fraction of sp³-hybridized carbons (Fsp3) is 0.667. The summed E-state index contributed by atoms with van der Waals surface area (Å²) in [5.41, 5.74) is 5.48. The van der Waals surface area contributed by atoms with Crippen LogP contribution in [0.1, 0.15) is 6.42 Å². The first-order valence-electron chi connectivity index (χ1n) is 5.48. The zero-order valence-corrected chi connectivity index (χ0v) is 10.8. The molecule has 8 nitrogen and oxygen atoms in total. The molecule has 1 aliphatic rings. The van der Waals surface area contributed by atoms with E-state index in [2.05, 4.69) is 20.3 Å². The third kappa shape index (κ3) is 3.19. The fourth-order valence-corrected chi connectivity index (χ4v) is 3.67. The Morgan fingerprint density at radius 2 is 2.22 bits per heavy atom. The van der Waals surface area contributed by atoms with Crippen LogP contribution in [0.4, 0.5) is 11.9 Å². The maximum atomic E-state index is 11.3. The zero-order valence-electron chi connectivity index (χ0n) is 9.96. The van der Waals surface area contributed by atoms with Crippen LogP contribution in [0.2, 0.25) is 0 Å². The van der Waals surface area contributed by atoms with E-state index in [0.29, 0.717) is 18.9 Å².